The molecular formula is C15H21F2NO2. The maximum Gasteiger partial charge on any atom is 0.327 e. The van der Waals surface area contributed by atoms with Crippen LogP contribution in [0.5, 0.6) is 0 Å². The van der Waals surface area contributed by atoms with Gasteiger partial charge in [0.05, 0.1) is 6.61 Å². The predicted octanol–water partition coefficient (Wildman–Crippen LogP) is 3.47. The van der Waals surface area contributed by atoms with Gasteiger partial charge in [0.25, 0.3) is 6.43 Å². The molecule has 0 aliphatic carbocycles. The molecule has 0 aliphatic rings. The van der Waals surface area contributed by atoms with Crippen molar-refractivity contribution in [3.63, 3.8) is 0 Å². The van der Waals surface area contributed by atoms with Gasteiger partial charge in [0.15, 0.2) is 0 Å². The molecule has 0 radical (unpaired) electrons. The van der Waals surface area contributed by atoms with Crippen molar-refractivity contribution in [2.24, 2.45) is 5.92 Å². The monoisotopic (exact) mass is 285 g/mol. The first-order valence-corrected chi connectivity index (χ1v) is 6.73. The van der Waals surface area contributed by atoms with Crippen LogP contribution >= 0.6 is 0 Å². The van der Waals surface area contributed by atoms with Gasteiger partial charge in [-0.1, -0.05) is 32.0 Å². The topological polar surface area (TPSA) is 38.3 Å². The molecule has 1 aromatic carbocycles. The Hall–Kier alpha value is -1.49. The molecule has 112 valence electrons. The molecule has 0 amide bonds. The molecule has 1 N–H and O–H groups in total. The third kappa shape index (κ3) is 4.89. The second-order valence-corrected chi connectivity index (χ2v) is 4.96. The average Bonchev–Trinajstić information content (AvgIpc) is 2.39. The minimum Gasteiger partial charge on any atom is -0.465 e. The number of esters is 1. The molecule has 0 heterocycles. The standard InChI is InChI=1S/C15H21F2NO2/c1-4-20-15(19)13(18-9-10(2)3)11-6-5-7-12(8-11)14(16)17/h5-8,10,13-14,18H,4,9H2,1-3H3. The van der Waals surface area contributed by atoms with Crippen LogP contribution in [0, 0.1) is 5.92 Å². The van der Waals surface area contributed by atoms with Crippen LogP contribution in [0.15, 0.2) is 24.3 Å². The minimum absolute atomic E-state index is 0.0943. The van der Waals surface area contributed by atoms with Gasteiger partial charge in [-0.2, -0.15) is 0 Å². The van der Waals surface area contributed by atoms with Gasteiger partial charge in [0.1, 0.15) is 6.04 Å². The molecule has 0 aromatic heterocycles. The number of hydrogen-bond acceptors (Lipinski definition) is 3. The van der Waals surface area contributed by atoms with E-state index in [1.165, 1.54) is 18.2 Å². The van der Waals surface area contributed by atoms with Gasteiger partial charge in [-0.15, -0.1) is 0 Å². The van der Waals surface area contributed by atoms with Gasteiger partial charge in [-0.3, -0.25) is 0 Å². The van der Waals surface area contributed by atoms with E-state index in [0.29, 0.717) is 18.0 Å². The summed E-state index contributed by atoms with van der Waals surface area (Å²) >= 11 is 0. The van der Waals surface area contributed by atoms with Crippen molar-refractivity contribution in [1.29, 1.82) is 0 Å². The van der Waals surface area contributed by atoms with Gasteiger partial charge in [-0.05, 0) is 31.0 Å². The molecule has 0 saturated carbocycles. The summed E-state index contributed by atoms with van der Waals surface area (Å²) in [5.41, 5.74) is 0.407. The van der Waals surface area contributed by atoms with E-state index in [2.05, 4.69) is 5.32 Å². The van der Waals surface area contributed by atoms with Crippen LogP contribution in [0.25, 0.3) is 0 Å². The molecule has 0 saturated heterocycles. The van der Waals surface area contributed by atoms with Crippen LogP contribution in [0.2, 0.25) is 0 Å². The van der Waals surface area contributed by atoms with Crippen molar-refractivity contribution < 1.29 is 18.3 Å². The van der Waals surface area contributed by atoms with E-state index in [1.807, 2.05) is 13.8 Å². The zero-order valence-electron chi connectivity index (χ0n) is 12.0. The van der Waals surface area contributed by atoms with Crippen molar-refractivity contribution in [2.75, 3.05) is 13.2 Å². The van der Waals surface area contributed by atoms with Crippen molar-refractivity contribution >= 4 is 5.97 Å². The average molecular weight is 285 g/mol. The van der Waals surface area contributed by atoms with E-state index in [1.54, 1.807) is 13.0 Å². The largest absolute Gasteiger partial charge is 0.465 e. The van der Waals surface area contributed by atoms with Gasteiger partial charge in [0, 0.05) is 5.56 Å². The number of carbonyl (C=O) groups is 1. The lowest BCUT2D eigenvalue weighted by Gasteiger charge is -2.19. The van der Waals surface area contributed by atoms with Gasteiger partial charge < -0.3 is 10.1 Å². The Bertz CT molecular complexity index is 436. The summed E-state index contributed by atoms with van der Waals surface area (Å²) in [4.78, 5) is 12.0. The summed E-state index contributed by atoms with van der Waals surface area (Å²) in [5, 5.41) is 3.07. The van der Waals surface area contributed by atoms with Crippen LogP contribution < -0.4 is 5.32 Å². The Morgan fingerprint density at radius 3 is 2.50 bits per heavy atom. The minimum atomic E-state index is -2.55. The molecule has 1 rings (SSSR count). The molecule has 0 fully saturated rings. The summed E-state index contributed by atoms with van der Waals surface area (Å²) in [7, 11) is 0. The highest BCUT2D eigenvalue weighted by atomic mass is 19.3. The van der Waals surface area contributed by atoms with E-state index in [4.69, 9.17) is 4.74 Å². The Balaban J connectivity index is 2.96. The van der Waals surface area contributed by atoms with E-state index >= 15 is 0 Å². The third-order valence-corrected chi connectivity index (χ3v) is 2.75. The summed E-state index contributed by atoms with van der Waals surface area (Å²) in [5.74, 6) is -0.107. The molecule has 1 aromatic rings. The fourth-order valence-corrected chi connectivity index (χ4v) is 1.79. The first-order chi connectivity index (χ1) is 9.45. The van der Waals surface area contributed by atoms with E-state index < -0.39 is 18.4 Å². The Labute approximate surface area is 118 Å². The van der Waals surface area contributed by atoms with E-state index in [0.717, 1.165) is 0 Å². The predicted molar refractivity (Wildman–Crippen MR) is 73.6 cm³/mol. The number of halogens is 2. The summed E-state index contributed by atoms with van der Waals surface area (Å²) in [6.07, 6.45) is -2.55. The number of carbonyl (C=O) groups excluding carboxylic acids is 1. The highest BCUT2D eigenvalue weighted by molar-refractivity contribution is 5.77. The second-order valence-electron chi connectivity index (χ2n) is 4.96. The zero-order valence-corrected chi connectivity index (χ0v) is 12.0. The highest BCUT2D eigenvalue weighted by Gasteiger charge is 2.22. The molecule has 20 heavy (non-hydrogen) atoms. The first kappa shape index (κ1) is 16.6. The highest BCUT2D eigenvalue weighted by Crippen LogP contribution is 2.23. The molecule has 0 bridgehead atoms. The zero-order chi connectivity index (χ0) is 15.1. The van der Waals surface area contributed by atoms with Crippen molar-refractivity contribution in [2.45, 2.75) is 33.2 Å². The normalized spacial score (nSPS) is 12.8. The number of hydrogen-bond donors (Lipinski definition) is 1. The van der Waals surface area contributed by atoms with Crippen molar-refractivity contribution in [3.8, 4) is 0 Å². The number of nitrogens with one attached hydrogen (secondary N) is 1. The maximum atomic E-state index is 12.7. The third-order valence-electron chi connectivity index (χ3n) is 2.75. The fraction of sp³-hybridized carbons (Fsp3) is 0.533. The lowest BCUT2D eigenvalue weighted by Crippen LogP contribution is -2.32. The molecule has 1 unspecified atom stereocenters. The molecule has 3 nitrogen and oxygen atoms in total. The number of alkyl halides is 2. The van der Waals surface area contributed by atoms with Crippen molar-refractivity contribution in [3.05, 3.63) is 35.4 Å². The summed E-state index contributed by atoms with van der Waals surface area (Å²) < 4.78 is 30.5. The molecule has 0 spiro atoms. The Morgan fingerprint density at radius 2 is 1.95 bits per heavy atom. The summed E-state index contributed by atoms with van der Waals surface area (Å²) in [6, 6.07) is 5.16. The Morgan fingerprint density at radius 1 is 1.30 bits per heavy atom. The smallest absolute Gasteiger partial charge is 0.327 e. The lowest BCUT2D eigenvalue weighted by atomic mass is 10.0. The lowest BCUT2D eigenvalue weighted by molar-refractivity contribution is -0.145. The van der Waals surface area contributed by atoms with Crippen LogP contribution in [-0.4, -0.2) is 19.1 Å². The van der Waals surface area contributed by atoms with Crippen LogP contribution in [0.4, 0.5) is 8.78 Å². The number of benzene rings is 1. The van der Waals surface area contributed by atoms with E-state index in [9.17, 15) is 13.6 Å². The second kappa shape index (κ2) is 7.94. The first-order valence-electron chi connectivity index (χ1n) is 6.73. The summed E-state index contributed by atoms with van der Waals surface area (Å²) in [6.45, 7) is 6.58. The van der Waals surface area contributed by atoms with Crippen LogP contribution in [-0.2, 0) is 9.53 Å². The quantitative estimate of drug-likeness (QED) is 0.780. The van der Waals surface area contributed by atoms with Crippen molar-refractivity contribution in [1.82, 2.24) is 5.32 Å². The Kier molecular flexibility index (Phi) is 6.58. The SMILES string of the molecule is CCOC(=O)C(NCC(C)C)c1cccc(C(F)F)c1. The number of ether oxygens (including phenoxy) is 1. The van der Waals surface area contributed by atoms with Gasteiger partial charge >= 0.3 is 5.97 Å². The molecule has 1 atom stereocenters. The maximum absolute atomic E-state index is 12.7. The van der Waals surface area contributed by atoms with Gasteiger partial charge in [0.2, 0.25) is 0 Å². The molecule has 0 aliphatic heterocycles. The molecule has 5 heteroatoms. The van der Waals surface area contributed by atoms with Gasteiger partial charge in [-0.25, -0.2) is 13.6 Å². The van der Waals surface area contributed by atoms with Crippen LogP contribution in [0.1, 0.15) is 44.4 Å². The fourth-order valence-electron chi connectivity index (χ4n) is 1.79. The molecular weight excluding hydrogens is 264 g/mol. The van der Waals surface area contributed by atoms with Crippen LogP contribution in [0.3, 0.4) is 0 Å². The van der Waals surface area contributed by atoms with E-state index in [-0.39, 0.29) is 12.2 Å². The number of rotatable bonds is 7.